The number of hydrogen-bond donors (Lipinski definition) is 1. The van der Waals surface area contributed by atoms with Crippen LogP contribution in [-0.4, -0.2) is 44.9 Å². The molecule has 1 N–H and O–H groups in total. The molecule has 162 valence electrons. The average molecular weight is 457 g/mol. The summed E-state index contributed by atoms with van der Waals surface area (Å²) in [7, 11) is -3.50. The molecule has 2 aromatic carbocycles. The van der Waals surface area contributed by atoms with Gasteiger partial charge in [0.1, 0.15) is 4.21 Å². The Morgan fingerprint density at radius 2 is 1.61 bits per heavy atom. The van der Waals surface area contributed by atoms with Crippen molar-refractivity contribution >= 4 is 33.0 Å². The van der Waals surface area contributed by atoms with Gasteiger partial charge in [-0.25, -0.2) is 8.42 Å². The fourth-order valence-electron chi connectivity index (χ4n) is 3.56. The average Bonchev–Trinajstić information content (AvgIpc) is 3.25. The lowest BCUT2D eigenvalue weighted by atomic mass is 10.1. The SMILES string of the molecule is Cc1cc(C)cc(NC(=O)c2ccc(-c3ccc(S(=O)(=O)N4CCOCC4)s3)cc2)c1. The van der Waals surface area contributed by atoms with Crippen LogP contribution >= 0.6 is 11.3 Å². The van der Waals surface area contributed by atoms with E-state index in [4.69, 9.17) is 4.74 Å². The molecule has 0 spiro atoms. The summed E-state index contributed by atoms with van der Waals surface area (Å²) in [5.41, 5.74) is 4.36. The van der Waals surface area contributed by atoms with Crippen LogP contribution < -0.4 is 5.32 Å². The molecule has 0 radical (unpaired) electrons. The number of morpholine rings is 1. The fraction of sp³-hybridized carbons (Fsp3) is 0.261. The van der Waals surface area contributed by atoms with Gasteiger partial charge in [-0.1, -0.05) is 18.2 Å². The van der Waals surface area contributed by atoms with Crippen molar-refractivity contribution in [3.05, 3.63) is 71.3 Å². The molecule has 1 fully saturated rings. The van der Waals surface area contributed by atoms with E-state index in [0.29, 0.717) is 36.1 Å². The molecule has 2 heterocycles. The van der Waals surface area contributed by atoms with Crippen LogP contribution in [0, 0.1) is 13.8 Å². The molecule has 6 nitrogen and oxygen atoms in total. The summed E-state index contributed by atoms with van der Waals surface area (Å²) in [6, 6.07) is 16.6. The van der Waals surface area contributed by atoms with Crippen LogP contribution in [0.5, 0.6) is 0 Å². The summed E-state index contributed by atoms with van der Waals surface area (Å²) >= 11 is 1.24. The summed E-state index contributed by atoms with van der Waals surface area (Å²) in [5, 5.41) is 2.93. The highest BCUT2D eigenvalue weighted by Gasteiger charge is 2.27. The van der Waals surface area contributed by atoms with Gasteiger partial charge in [-0.2, -0.15) is 4.31 Å². The molecule has 0 bridgehead atoms. The summed E-state index contributed by atoms with van der Waals surface area (Å²) in [5.74, 6) is -0.182. The highest BCUT2D eigenvalue weighted by atomic mass is 32.2. The quantitative estimate of drug-likeness (QED) is 0.621. The van der Waals surface area contributed by atoms with Gasteiger partial charge in [0.05, 0.1) is 13.2 Å². The third kappa shape index (κ3) is 4.88. The Labute approximate surface area is 186 Å². The number of aryl methyl sites for hydroxylation is 2. The van der Waals surface area contributed by atoms with Crippen molar-refractivity contribution in [1.82, 2.24) is 4.31 Å². The molecule has 0 aliphatic carbocycles. The van der Waals surface area contributed by atoms with Crippen molar-refractivity contribution in [3.63, 3.8) is 0 Å². The molecule has 1 aliphatic rings. The lowest BCUT2D eigenvalue weighted by Gasteiger charge is -2.25. The number of amides is 1. The van der Waals surface area contributed by atoms with Gasteiger partial charge in [-0.15, -0.1) is 11.3 Å². The molecule has 8 heteroatoms. The number of anilines is 1. The zero-order valence-electron chi connectivity index (χ0n) is 17.4. The maximum absolute atomic E-state index is 12.8. The van der Waals surface area contributed by atoms with Gasteiger partial charge < -0.3 is 10.1 Å². The van der Waals surface area contributed by atoms with E-state index in [9.17, 15) is 13.2 Å². The first-order valence-electron chi connectivity index (χ1n) is 10.0. The number of hydrogen-bond acceptors (Lipinski definition) is 5. The van der Waals surface area contributed by atoms with E-state index in [1.54, 1.807) is 18.2 Å². The third-order valence-electron chi connectivity index (χ3n) is 5.06. The molecule has 4 rings (SSSR count). The van der Waals surface area contributed by atoms with E-state index in [2.05, 4.69) is 11.4 Å². The van der Waals surface area contributed by atoms with Crippen molar-refractivity contribution in [1.29, 1.82) is 0 Å². The van der Waals surface area contributed by atoms with Crippen molar-refractivity contribution in [2.24, 2.45) is 0 Å². The minimum atomic E-state index is -3.50. The van der Waals surface area contributed by atoms with Gasteiger partial charge >= 0.3 is 0 Å². The number of nitrogens with one attached hydrogen (secondary N) is 1. The smallest absolute Gasteiger partial charge is 0.255 e. The molecule has 0 atom stereocenters. The van der Waals surface area contributed by atoms with Crippen LogP contribution in [0.1, 0.15) is 21.5 Å². The van der Waals surface area contributed by atoms with Crippen molar-refractivity contribution in [2.45, 2.75) is 18.1 Å². The summed E-state index contributed by atoms with van der Waals surface area (Å²) in [6.45, 7) is 5.57. The molecular weight excluding hydrogens is 432 g/mol. The van der Waals surface area contributed by atoms with Crippen LogP contribution in [0.3, 0.4) is 0 Å². The van der Waals surface area contributed by atoms with Crippen LogP contribution in [-0.2, 0) is 14.8 Å². The number of thiophene rings is 1. The maximum atomic E-state index is 12.8. The number of nitrogens with zero attached hydrogens (tertiary/aromatic N) is 1. The molecule has 1 aliphatic heterocycles. The number of rotatable bonds is 5. The topological polar surface area (TPSA) is 75.7 Å². The van der Waals surface area contributed by atoms with E-state index in [1.165, 1.54) is 15.6 Å². The predicted molar refractivity (Wildman–Crippen MR) is 123 cm³/mol. The third-order valence-corrected chi connectivity index (χ3v) is 8.56. The van der Waals surface area contributed by atoms with Gasteiger partial charge in [0.15, 0.2) is 0 Å². The molecular formula is C23H24N2O4S2. The highest BCUT2D eigenvalue weighted by Crippen LogP contribution is 2.32. The van der Waals surface area contributed by atoms with E-state index in [0.717, 1.165) is 27.3 Å². The first-order chi connectivity index (χ1) is 14.8. The minimum absolute atomic E-state index is 0.182. The van der Waals surface area contributed by atoms with Gasteiger partial charge in [0.25, 0.3) is 15.9 Å². The van der Waals surface area contributed by atoms with Gasteiger partial charge in [-0.05, 0) is 66.9 Å². The largest absolute Gasteiger partial charge is 0.379 e. The zero-order chi connectivity index (χ0) is 22.0. The molecule has 1 saturated heterocycles. The number of ether oxygens (including phenoxy) is 1. The standard InChI is InChI=1S/C23H24N2O4S2/c1-16-13-17(2)15-20(14-16)24-23(26)19-5-3-18(4-6-19)21-7-8-22(30-21)31(27,28)25-9-11-29-12-10-25/h3-8,13-15H,9-12H2,1-2H3,(H,24,26). The molecule has 0 saturated carbocycles. The Hall–Kier alpha value is -2.52. The van der Waals surface area contributed by atoms with Crippen LogP contribution in [0.4, 0.5) is 5.69 Å². The lowest BCUT2D eigenvalue weighted by Crippen LogP contribution is -2.40. The maximum Gasteiger partial charge on any atom is 0.255 e. The Morgan fingerprint density at radius 3 is 2.26 bits per heavy atom. The lowest BCUT2D eigenvalue weighted by molar-refractivity contribution is 0.0731. The minimum Gasteiger partial charge on any atom is -0.379 e. The Kier molecular flexibility index (Phi) is 6.24. The molecule has 31 heavy (non-hydrogen) atoms. The van der Waals surface area contributed by atoms with Crippen LogP contribution in [0.2, 0.25) is 0 Å². The van der Waals surface area contributed by atoms with Gasteiger partial charge in [-0.3, -0.25) is 4.79 Å². The van der Waals surface area contributed by atoms with Crippen molar-refractivity contribution in [3.8, 4) is 10.4 Å². The second-order valence-electron chi connectivity index (χ2n) is 7.54. The Balaban J connectivity index is 1.49. The summed E-state index contributed by atoms with van der Waals surface area (Å²) in [4.78, 5) is 13.4. The highest BCUT2D eigenvalue weighted by molar-refractivity contribution is 7.91. The molecule has 0 unspecified atom stereocenters. The van der Waals surface area contributed by atoms with Gasteiger partial charge in [0, 0.05) is 29.2 Å². The molecule has 1 aromatic heterocycles. The Morgan fingerprint density at radius 1 is 0.968 bits per heavy atom. The van der Waals surface area contributed by atoms with E-state index in [-0.39, 0.29) is 5.91 Å². The number of carbonyl (C=O) groups excluding carboxylic acids is 1. The number of carbonyl (C=O) groups is 1. The molecule has 3 aromatic rings. The zero-order valence-corrected chi connectivity index (χ0v) is 19.1. The monoisotopic (exact) mass is 456 g/mol. The first-order valence-corrected chi connectivity index (χ1v) is 12.3. The normalized spacial score (nSPS) is 15.0. The van der Waals surface area contributed by atoms with E-state index >= 15 is 0 Å². The van der Waals surface area contributed by atoms with E-state index in [1.807, 2.05) is 44.2 Å². The first kappa shape index (κ1) is 21.7. The van der Waals surface area contributed by atoms with Crippen molar-refractivity contribution < 1.29 is 17.9 Å². The number of sulfonamides is 1. The van der Waals surface area contributed by atoms with Gasteiger partial charge in [0.2, 0.25) is 0 Å². The second kappa shape index (κ2) is 8.92. The van der Waals surface area contributed by atoms with Crippen LogP contribution in [0.25, 0.3) is 10.4 Å². The summed E-state index contributed by atoms with van der Waals surface area (Å²) in [6.07, 6.45) is 0. The molecule has 1 amide bonds. The van der Waals surface area contributed by atoms with E-state index < -0.39 is 10.0 Å². The fourth-order valence-corrected chi connectivity index (χ4v) is 6.44. The number of benzene rings is 2. The second-order valence-corrected chi connectivity index (χ2v) is 10.8. The van der Waals surface area contributed by atoms with Crippen molar-refractivity contribution in [2.75, 3.05) is 31.6 Å². The Bertz CT molecular complexity index is 1170. The van der Waals surface area contributed by atoms with Crippen LogP contribution in [0.15, 0.2) is 58.8 Å². The predicted octanol–water partition coefficient (Wildman–Crippen LogP) is 4.31. The summed E-state index contributed by atoms with van der Waals surface area (Å²) < 4.78 is 32.7.